The van der Waals surface area contributed by atoms with Gasteiger partial charge in [-0.1, -0.05) is 23.2 Å². The molecule has 1 aromatic carbocycles. The van der Waals surface area contributed by atoms with E-state index in [1.165, 1.54) is 0 Å². The molecule has 7 heteroatoms. The van der Waals surface area contributed by atoms with E-state index in [4.69, 9.17) is 33.4 Å². The van der Waals surface area contributed by atoms with Gasteiger partial charge in [0, 0.05) is 36.0 Å². The molecule has 0 spiro atoms. The fourth-order valence-electron chi connectivity index (χ4n) is 2.61. The highest BCUT2D eigenvalue weighted by Gasteiger charge is 2.31. The van der Waals surface area contributed by atoms with Crippen LogP contribution >= 0.6 is 23.2 Å². The van der Waals surface area contributed by atoms with Gasteiger partial charge in [0.2, 0.25) is 5.91 Å². The summed E-state index contributed by atoms with van der Waals surface area (Å²) in [7, 11) is 0. The zero-order valence-electron chi connectivity index (χ0n) is 13.1. The van der Waals surface area contributed by atoms with Crippen molar-refractivity contribution < 1.29 is 9.21 Å². The number of aromatic nitrogens is 1. The molecular weight excluding hydrogens is 349 g/mol. The van der Waals surface area contributed by atoms with Crippen molar-refractivity contribution in [3.63, 3.8) is 0 Å². The molecule has 3 N–H and O–H groups in total. The van der Waals surface area contributed by atoms with Gasteiger partial charge in [-0.25, -0.2) is 4.98 Å². The van der Waals surface area contributed by atoms with Gasteiger partial charge in [-0.3, -0.25) is 4.79 Å². The molecule has 0 saturated heterocycles. The maximum Gasteiger partial charge on any atom is 0.220 e. The van der Waals surface area contributed by atoms with Crippen LogP contribution < -0.4 is 11.1 Å². The second kappa shape index (κ2) is 7.55. The van der Waals surface area contributed by atoms with Gasteiger partial charge in [-0.2, -0.15) is 0 Å². The fourth-order valence-corrected chi connectivity index (χ4v) is 3.11. The van der Waals surface area contributed by atoms with E-state index in [9.17, 15) is 4.79 Å². The van der Waals surface area contributed by atoms with Gasteiger partial charge < -0.3 is 15.5 Å². The average Bonchev–Trinajstić information content (AvgIpc) is 3.29. The molecule has 128 valence electrons. The van der Waals surface area contributed by atoms with Crippen LogP contribution in [0.2, 0.25) is 10.0 Å². The SMILES string of the molecule is NCC(NC(=O)CCc1ncc(-c2ccc(Cl)cc2Cl)o1)C1CC1. The standard InChI is InChI=1S/C17H19Cl2N3O2/c18-11-3-4-12(13(19)7-11)15-9-21-17(24-15)6-5-16(23)22-14(8-20)10-1-2-10/h3-4,7,9-10,14H,1-2,5-6,8,20H2,(H,22,23). The maximum absolute atomic E-state index is 12.0. The number of benzene rings is 1. The summed E-state index contributed by atoms with van der Waals surface area (Å²) in [6, 6.07) is 5.26. The molecule has 1 atom stereocenters. The number of nitrogens with one attached hydrogen (secondary N) is 1. The second-order valence-electron chi connectivity index (χ2n) is 5.99. The number of rotatable bonds is 7. The van der Waals surface area contributed by atoms with E-state index in [2.05, 4.69) is 10.3 Å². The van der Waals surface area contributed by atoms with Crippen LogP contribution in [0.4, 0.5) is 0 Å². The van der Waals surface area contributed by atoms with Gasteiger partial charge in [0.25, 0.3) is 0 Å². The van der Waals surface area contributed by atoms with E-state index in [-0.39, 0.29) is 11.9 Å². The van der Waals surface area contributed by atoms with Gasteiger partial charge in [-0.05, 0) is 37.0 Å². The number of amides is 1. The molecule has 1 aliphatic rings. The van der Waals surface area contributed by atoms with Crippen LogP contribution in [-0.2, 0) is 11.2 Å². The smallest absolute Gasteiger partial charge is 0.220 e. The van der Waals surface area contributed by atoms with E-state index < -0.39 is 0 Å². The van der Waals surface area contributed by atoms with E-state index >= 15 is 0 Å². The zero-order valence-corrected chi connectivity index (χ0v) is 14.6. The molecule has 0 radical (unpaired) electrons. The lowest BCUT2D eigenvalue weighted by Crippen LogP contribution is -2.41. The molecule has 2 aromatic rings. The Morgan fingerprint density at radius 3 is 2.88 bits per heavy atom. The Balaban J connectivity index is 1.57. The summed E-state index contributed by atoms with van der Waals surface area (Å²) in [4.78, 5) is 16.2. The molecule has 0 bridgehead atoms. The first-order chi connectivity index (χ1) is 11.6. The summed E-state index contributed by atoms with van der Waals surface area (Å²) in [5.74, 6) is 1.58. The second-order valence-corrected chi connectivity index (χ2v) is 6.83. The first-order valence-electron chi connectivity index (χ1n) is 7.96. The minimum atomic E-state index is -0.0263. The Morgan fingerprint density at radius 2 is 2.21 bits per heavy atom. The molecule has 1 fully saturated rings. The number of aryl methyl sites for hydroxylation is 1. The lowest BCUT2D eigenvalue weighted by Gasteiger charge is -2.15. The minimum Gasteiger partial charge on any atom is -0.441 e. The largest absolute Gasteiger partial charge is 0.441 e. The zero-order chi connectivity index (χ0) is 17.1. The lowest BCUT2D eigenvalue weighted by atomic mass is 10.1. The topological polar surface area (TPSA) is 81.1 Å². The third kappa shape index (κ3) is 4.29. The number of oxazole rings is 1. The van der Waals surface area contributed by atoms with Gasteiger partial charge in [0.1, 0.15) is 0 Å². The highest BCUT2D eigenvalue weighted by atomic mass is 35.5. The summed E-state index contributed by atoms with van der Waals surface area (Å²) in [5.41, 5.74) is 6.42. The van der Waals surface area contributed by atoms with Crippen LogP contribution in [0.3, 0.4) is 0 Å². The van der Waals surface area contributed by atoms with Crippen LogP contribution in [0.1, 0.15) is 25.2 Å². The summed E-state index contributed by atoms with van der Waals surface area (Å²) < 4.78 is 5.69. The lowest BCUT2D eigenvalue weighted by molar-refractivity contribution is -0.121. The number of hydrogen-bond donors (Lipinski definition) is 2. The van der Waals surface area contributed by atoms with Gasteiger partial charge >= 0.3 is 0 Å². The van der Waals surface area contributed by atoms with Crippen molar-refractivity contribution in [2.75, 3.05) is 6.54 Å². The highest BCUT2D eigenvalue weighted by Crippen LogP contribution is 2.32. The molecule has 1 saturated carbocycles. The average molecular weight is 368 g/mol. The van der Waals surface area contributed by atoms with Crippen molar-refractivity contribution in [2.45, 2.75) is 31.7 Å². The van der Waals surface area contributed by atoms with E-state index in [0.29, 0.717) is 47.0 Å². The molecule has 3 rings (SSSR count). The summed E-state index contributed by atoms with van der Waals surface area (Å²) >= 11 is 12.1. The van der Waals surface area contributed by atoms with Crippen molar-refractivity contribution in [1.29, 1.82) is 0 Å². The monoisotopic (exact) mass is 367 g/mol. The van der Waals surface area contributed by atoms with E-state index in [1.807, 2.05) is 0 Å². The quantitative estimate of drug-likeness (QED) is 0.785. The first-order valence-corrected chi connectivity index (χ1v) is 8.72. The van der Waals surface area contributed by atoms with Gasteiger partial charge in [0.15, 0.2) is 11.7 Å². The number of carbonyl (C=O) groups excluding carboxylic acids is 1. The Morgan fingerprint density at radius 1 is 1.42 bits per heavy atom. The minimum absolute atomic E-state index is 0.0263. The van der Waals surface area contributed by atoms with Crippen LogP contribution in [0.15, 0.2) is 28.8 Å². The van der Waals surface area contributed by atoms with Crippen molar-refractivity contribution >= 4 is 29.1 Å². The number of nitrogens with zero attached hydrogens (tertiary/aromatic N) is 1. The van der Waals surface area contributed by atoms with Crippen LogP contribution in [0.25, 0.3) is 11.3 Å². The number of hydrogen-bond acceptors (Lipinski definition) is 4. The first kappa shape index (κ1) is 17.3. The molecule has 24 heavy (non-hydrogen) atoms. The third-order valence-electron chi connectivity index (χ3n) is 4.11. The van der Waals surface area contributed by atoms with Crippen LogP contribution in [0, 0.1) is 5.92 Å². The van der Waals surface area contributed by atoms with Crippen LogP contribution in [-0.4, -0.2) is 23.5 Å². The van der Waals surface area contributed by atoms with Crippen molar-refractivity contribution in [2.24, 2.45) is 11.7 Å². The molecule has 1 aromatic heterocycles. The molecule has 1 unspecified atom stereocenters. The Kier molecular flexibility index (Phi) is 5.43. The molecule has 0 aliphatic heterocycles. The third-order valence-corrected chi connectivity index (χ3v) is 4.66. The van der Waals surface area contributed by atoms with E-state index in [0.717, 1.165) is 18.4 Å². The number of halogens is 2. The molecular formula is C17H19Cl2N3O2. The molecule has 1 heterocycles. The maximum atomic E-state index is 12.0. The predicted molar refractivity (Wildman–Crippen MR) is 94.0 cm³/mol. The molecule has 1 aliphatic carbocycles. The predicted octanol–water partition coefficient (Wildman–Crippen LogP) is 3.43. The Hall–Kier alpha value is -1.56. The summed E-state index contributed by atoms with van der Waals surface area (Å²) in [6.45, 7) is 0.481. The Bertz CT molecular complexity index is 728. The summed E-state index contributed by atoms with van der Waals surface area (Å²) in [6.07, 6.45) is 4.64. The number of nitrogens with two attached hydrogens (primary N) is 1. The summed E-state index contributed by atoms with van der Waals surface area (Å²) in [5, 5.41) is 4.04. The van der Waals surface area contributed by atoms with E-state index in [1.54, 1.807) is 24.4 Å². The normalized spacial score (nSPS) is 15.3. The van der Waals surface area contributed by atoms with Crippen molar-refractivity contribution in [1.82, 2.24) is 10.3 Å². The molecule has 1 amide bonds. The van der Waals surface area contributed by atoms with Crippen molar-refractivity contribution in [3.8, 4) is 11.3 Å². The van der Waals surface area contributed by atoms with Gasteiger partial charge in [0.05, 0.1) is 11.2 Å². The fraction of sp³-hybridized carbons (Fsp3) is 0.412. The number of carbonyl (C=O) groups is 1. The van der Waals surface area contributed by atoms with Gasteiger partial charge in [-0.15, -0.1) is 0 Å². The Labute approximate surface area is 150 Å². The highest BCUT2D eigenvalue weighted by molar-refractivity contribution is 6.36. The van der Waals surface area contributed by atoms with Crippen molar-refractivity contribution in [3.05, 3.63) is 40.3 Å². The molecule has 5 nitrogen and oxygen atoms in total. The van der Waals surface area contributed by atoms with Crippen LogP contribution in [0.5, 0.6) is 0 Å².